The molecule has 3 aromatic rings. The van der Waals surface area contributed by atoms with Crippen molar-refractivity contribution in [2.45, 2.75) is 6.92 Å². The summed E-state index contributed by atoms with van der Waals surface area (Å²) in [6.45, 7) is 1.80. The molecule has 0 atom stereocenters. The number of aliphatic imine (C=N–C) groups is 1. The van der Waals surface area contributed by atoms with E-state index in [0.29, 0.717) is 22.1 Å². The number of aromatic amines is 1. The Morgan fingerprint density at radius 3 is 2.63 bits per heavy atom. The molecule has 0 unspecified atom stereocenters. The van der Waals surface area contributed by atoms with Gasteiger partial charge in [0.05, 0.1) is 0 Å². The second kappa shape index (κ2) is 8.29. The van der Waals surface area contributed by atoms with E-state index in [2.05, 4.69) is 25.6 Å². The highest BCUT2D eigenvalue weighted by molar-refractivity contribution is 6.30. The van der Waals surface area contributed by atoms with Gasteiger partial charge in [0, 0.05) is 34.2 Å². The van der Waals surface area contributed by atoms with Crippen molar-refractivity contribution in [2.75, 3.05) is 5.32 Å². The van der Waals surface area contributed by atoms with Crippen molar-refractivity contribution < 1.29 is 4.79 Å². The number of benzene rings is 1. The second-order valence-electron chi connectivity index (χ2n) is 5.63. The number of aromatic nitrogens is 2. The van der Waals surface area contributed by atoms with E-state index in [4.69, 9.17) is 11.6 Å². The van der Waals surface area contributed by atoms with Gasteiger partial charge in [0.25, 0.3) is 5.91 Å². The third-order valence-corrected chi connectivity index (χ3v) is 3.73. The molecule has 0 spiro atoms. The Bertz CT molecular complexity index is 1040. The molecule has 136 valence electrons. The molecule has 0 bridgehead atoms. The Morgan fingerprint density at radius 2 is 1.93 bits per heavy atom. The van der Waals surface area contributed by atoms with Crippen LogP contribution in [0.2, 0.25) is 5.02 Å². The van der Waals surface area contributed by atoms with Crippen molar-refractivity contribution >= 4 is 35.0 Å². The van der Waals surface area contributed by atoms with Crippen LogP contribution in [-0.2, 0) is 0 Å². The maximum atomic E-state index is 12.6. The van der Waals surface area contributed by atoms with Crippen LogP contribution in [0.3, 0.4) is 0 Å². The molecule has 2 aromatic heterocycles. The first-order valence-corrected chi connectivity index (χ1v) is 8.42. The molecule has 1 amide bonds. The quantitative estimate of drug-likeness (QED) is 0.479. The number of hydrogen-bond acceptors (Lipinski definition) is 4. The number of amides is 1. The van der Waals surface area contributed by atoms with Crippen LogP contribution in [0.15, 0.2) is 70.6 Å². The Morgan fingerprint density at radius 1 is 1.15 bits per heavy atom. The lowest BCUT2D eigenvalue weighted by Gasteiger charge is -2.12. The molecule has 0 radical (unpaired) electrons. The number of halogens is 1. The molecule has 2 heterocycles. The smallest absolute Gasteiger partial charge is 0.258 e. The van der Waals surface area contributed by atoms with Crippen molar-refractivity contribution in [1.29, 1.82) is 0 Å². The monoisotopic (exact) mass is 381 g/mol. The third-order valence-electron chi connectivity index (χ3n) is 3.48. The number of nitrogens with one attached hydrogen (secondary N) is 3. The van der Waals surface area contributed by atoms with E-state index in [-0.39, 0.29) is 17.4 Å². The molecule has 0 saturated carbocycles. The maximum absolute atomic E-state index is 12.6. The van der Waals surface area contributed by atoms with Crippen LogP contribution in [0.5, 0.6) is 0 Å². The zero-order valence-electron chi connectivity index (χ0n) is 14.4. The molecule has 0 saturated heterocycles. The molecule has 27 heavy (non-hydrogen) atoms. The lowest BCUT2D eigenvalue weighted by molar-refractivity contribution is 0.0977. The second-order valence-corrected chi connectivity index (χ2v) is 6.07. The number of pyridine rings is 2. The zero-order valence-corrected chi connectivity index (χ0v) is 15.1. The number of rotatable bonds is 3. The first kappa shape index (κ1) is 18.3. The van der Waals surface area contributed by atoms with Gasteiger partial charge in [-0.2, -0.15) is 4.99 Å². The molecule has 0 fully saturated rings. The summed E-state index contributed by atoms with van der Waals surface area (Å²) in [5.74, 6) is 0.0859. The summed E-state index contributed by atoms with van der Waals surface area (Å²) in [6.07, 6.45) is 1.56. The highest BCUT2D eigenvalue weighted by Crippen LogP contribution is 2.14. The highest BCUT2D eigenvalue weighted by atomic mass is 35.5. The van der Waals surface area contributed by atoms with E-state index in [0.717, 1.165) is 5.69 Å². The van der Waals surface area contributed by atoms with Gasteiger partial charge in [-0.1, -0.05) is 17.7 Å². The largest absolute Gasteiger partial charge is 0.326 e. The number of H-pyrrole nitrogens is 1. The van der Waals surface area contributed by atoms with Crippen LogP contribution >= 0.6 is 11.6 Å². The number of carbonyl (C=O) groups excluding carboxylic acids is 1. The summed E-state index contributed by atoms with van der Waals surface area (Å²) < 4.78 is 0. The van der Waals surface area contributed by atoms with Gasteiger partial charge in [0.1, 0.15) is 5.82 Å². The fraction of sp³-hybridized carbons (Fsp3) is 0.0526. The Labute approximate surface area is 160 Å². The molecule has 0 aliphatic rings. The fourth-order valence-corrected chi connectivity index (χ4v) is 2.37. The number of guanidine groups is 1. The average Bonchev–Trinajstić information content (AvgIpc) is 2.63. The van der Waals surface area contributed by atoms with Crippen molar-refractivity contribution in [3.05, 3.63) is 87.4 Å². The zero-order chi connectivity index (χ0) is 19.2. The minimum absolute atomic E-state index is 0.152. The van der Waals surface area contributed by atoms with Crippen LogP contribution in [0.25, 0.3) is 0 Å². The standard InChI is InChI=1S/C19H16ClN5O2/c1-12-11-13(9-10-21-12)18(27)25-19(22-15-7-5-14(20)6-8-15)24-16-3-2-4-17(26)23-16/h2-11H,1H3,(H3,22,23,24,25,26,27). The summed E-state index contributed by atoms with van der Waals surface area (Å²) in [7, 11) is 0. The van der Waals surface area contributed by atoms with Crippen molar-refractivity contribution in [2.24, 2.45) is 4.99 Å². The molecular weight excluding hydrogens is 366 g/mol. The molecule has 3 N–H and O–H groups in total. The summed E-state index contributed by atoms with van der Waals surface area (Å²) in [6, 6.07) is 14.7. The van der Waals surface area contributed by atoms with Gasteiger partial charge >= 0.3 is 0 Å². The minimum Gasteiger partial charge on any atom is -0.326 e. The van der Waals surface area contributed by atoms with Crippen LogP contribution < -0.4 is 16.2 Å². The van der Waals surface area contributed by atoms with E-state index >= 15 is 0 Å². The first-order chi connectivity index (χ1) is 13.0. The van der Waals surface area contributed by atoms with E-state index < -0.39 is 0 Å². The van der Waals surface area contributed by atoms with Crippen LogP contribution in [0.4, 0.5) is 11.5 Å². The average molecular weight is 382 g/mol. The predicted octanol–water partition coefficient (Wildman–Crippen LogP) is 3.26. The van der Waals surface area contributed by atoms with E-state index in [1.165, 1.54) is 6.07 Å². The van der Waals surface area contributed by atoms with Gasteiger partial charge in [-0.25, -0.2) is 0 Å². The highest BCUT2D eigenvalue weighted by Gasteiger charge is 2.10. The van der Waals surface area contributed by atoms with Crippen molar-refractivity contribution in [3.8, 4) is 0 Å². The van der Waals surface area contributed by atoms with Crippen molar-refractivity contribution in [3.63, 3.8) is 0 Å². The summed E-state index contributed by atoms with van der Waals surface area (Å²) in [5.41, 5.74) is 1.54. The molecule has 0 aliphatic carbocycles. The lowest BCUT2D eigenvalue weighted by atomic mass is 10.2. The van der Waals surface area contributed by atoms with Crippen LogP contribution in [-0.4, -0.2) is 21.8 Å². The first-order valence-electron chi connectivity index (χ1n) is 8.04. The summed E-state index contributed by atoms with van der Waals surface area (Å²) in [5, 5.41) is 6.31. The van der Waals surface area contributed by atoms with Crippen LogP contribution in [0.1, 0.15) is 16.1 Å². The van der Waals surface area contributed by atoms with E-state index in [9.17, 15) is 9.59 Å². The van der Waals surface area contributed by atoms with Gasteiger partial charge in [0.2, 0.25) is 11.5 Å². The molecule has 3 rings (SSSR count). The number of hydrogen-bond donors (Lipinski definition) is 3. The van der Waals surface area contributed by atoms with Crippen LogP contribution in [0, 0.1) is 6.92 Å². The Kier molecular flexibility index (Phi) is 5.63. The third kappa shape index (κ3) is 5.26. The summed E-state index contributed by atoms with van der Waals surface area (Å²) in [4.78, 5) is 35.0. The number of carbonyl (C=O) groups is 1. The van der Waals surface area contributed by atoms with Gasteiger partial charge in [-0.15, -0.1) is 0 Å². The number of nitrogens with zero attached hydrogens (tertiary/aromatic N) is 2. The minimum atomic E-state index is -0.362. The predicted molar refractivity (Wildman–Crippen MR) is 106 cm³/mol. The fourth-order valence-electron chi connectivity index (χ4n) is 2.25. The molecule has 8 heteroatoms. The SMILES string of the molecule is Cc1cc(C(=O)N/C(=N/c2cccc(=O)[nH]2)Nc2ccc(Cl)cc2)ccn1. The van der Waals surface area contributed by atoms with Gasteiger partial charge in [-0.05, 0) is 49.4 Å². The van der Waals surface area contributed by atoms with Gasteiger partial charge < -0.3 is 10.3 Å². The van der Waals surface area contributed by atoms with E-state index in [1.54, 1.807) is 61.7 Å². The topological polar surface area (TPSA) is 99.2 Å². The normalized spacial score (nSPS) is 11.1. The number of aryl methyl sites for hydroxylation is 1. The van der Waals surface area contributed by atoms with Crippen molar-refractivity contribution in [1.82, 2.24) is 15.3 Å². The summed E-state index contributed by atoms with van der Waals surface area (Å²) >= 11 is 5.90. The Balaban J connectivity index is 1.90. The molecular formula is C19H16ClN5O2. The maximum Gasteiger partial charge on any atom is 0.258 e. The van der Waals surface area contributed by atoms with Gasteiger partial charge in [-0.3, -0.25) is 19.9 Å². The molecule has 0 aliphatic heterocycles. The lowest BCUT2D eigenvalue weighted by Crippen LogP contribution is -2.36. The van der Waals surface area contributed by atoms with E-state index in [1.807, 2.05) is 0 Å². The molecule has 7 nitrogen and oxygen atoms in total. The number of anilines is 1. The van der Waals surface area contributed by atoms with Gasteiger partial charge in [0.15, 0.2) is 0 Å². The Hall–Kier alpha value is -3.45. The molecule has 1 aromatic carbocycles.